The quantitative estimate of drug-likeness (QED) is 0.773. The van der Waals surface area contributed by atoms with Gasteiger partial charge in [0.2, 0.25) is 0 Å². The summed E-state index contributed by atoms with van der Waals surface area (Å²) in [6, 6.07) is 12.7. The summed E-state index contributed by atoms with van der Waals surface area (Å²) < 4.78 is 0. The molecule has 0 saturated heterocycles. The van der Waals surface area contributed by atoms with Gasteiger partial charge >= 0.3 is 0 Å². The van der Waals surface area contributed by atoms with E-state index in [-0.39, 0.29) is 0 Å². The normalized spacial score (nSPS) is 14.3. The Morgan fingerprint density at radius 2 is 1.88 bits per heavy atom. The molecule has 0 heterocycles. The second kappa shape index (κ2) is 5.48. The van der Waals surface area contributed by atoms with Gasteiger partial charge in [0.25, 0.3) is 0 Å². The van der Waals surface area contributed by atoms with Crippen LogP contribution in [-0.4, -0.2) is 17.5 Å². The number of nitrogens with zero attached hydrogens (tertiary/aromatic N) is 3. The number of benzene rings is 1. The maximum Gasteiger partial charge on any atom is 0.0991 e. The van der Waals surface area contributed by atoms with Crippen molar-refractivity contribution in [2.45, 2.75) is 31.8 Å². The second-order valence-corrected chi connectivity index (χ2v) is 4.42. The van der Waals surface area contributed by atoms with Gasteiger partial charge in [-0.25, -0.2) is 0 Å². The van der Waals surface area contributed by atoms with Crippen LogP contribution in [0, 0.1) is 22.7 Å². The predicted molar refractivity (Wildman–Crippen MR) is 64.8 cm³/mol. The van der Waals surface area contributed by atoms with Gasteiger partial charge in [0.15, 0.2) is 0 Å². The van der Waals surface area contributed by atoms with Gasteiger partial charge in [0, 0.05) is 25.6 Å². The van der Waals surface area contributed by atoms with E-state index in [1.165, 1.54) is 18.4 Å². The Hall–Kier alpha value is -1.84. The summed E-state index contributed by atoms with van der Waals surface area (Å²) in [6.45, 7) is 1.74. The van der Waals surface area contributed by atoms with Crippen LogP contribution in [-0.2, 0) is 6.54 Å². The Labute approximate surface area is 102 Å². The molecule has 17 heavy (non-hydrogen) atoms. The molecule has 0 bridgehead atoms. The fourth-order valence-electron chi connectivity index (χ4n) is 1.94. The molecule has 0 atom stereocenters. The fourth-order valence-corrected chi connectivity index (χ4v) is 1.94. The van der Waals surface area contributed by atoms with Crippen LogP contribution < -0.4 is 0 Å². The van der Waals surface area contributed by atoms with Crippen molar-refractivity contribution in [3.8, 4) is 12.1 Å². The number of hydrogen-bond acceptors (Lipinski definition) is 3. The van der Waals surface area contributed by atoms with E-state index >= 15 is 0 Å². The molecule has 0 amide bonds. The monoisotopic (exact) mass is 225 g/mol. The zero-order chi connectivity index (χ0) is 12.1. The first-order valence-electron chi connectivity index (χ1n) is 5.93. The standard InChI is InChI=1S/C14H15N3/c15-8-1-9-17(14-6-7-14)11-13-4-2-12(10-16)3-5-13/h2-5,14H,1,6-7,9,11H2. The van der Waals surface area contributed by atoms with Crippen molar-refractivity contribution >= 4 is 0 Å². The summed E-state index contributed by atoms with van der Waals surface area (Å²) >= 11 is 0. The topological polar surface area (TPSA) is 50.8 Å². The van der Waals surface area contributed by atoms with Crippen molar-refractivity contribution in [2.24, 2.45) is 0 Å². The zero-order valence-corrected chi connectivity index (χ0v) is 9.76. The van der Waals surface area contributed by atoms with Gasteiger partial charge in [-0.2, -0.15) is 10.5 Å². The number of rotatable bonds is 5. The van der Waals surface area contributed by atoms with Gasteiger partial charge in [-0.05, 0) is 30.5 Å². The summed E-state index contributed by atoms with van der Waals surface area (Å²) in [5, 5.41) is 17.4. The lowest BCUT2D eigenvalue weighted by molar-refractivity contribution is 0.261. The fraction of sp³-hybridized carbons (Fsp3) is 0.429. The molecule has 86 valence electrons. The van der Waals surface area contributed by atoms with E-state index in [9.17, 15) is 0 Å². The summed E-state index contributed by atoms with van der Waals surface area (Å²) in [6.07, 6.45) is 3.09. The molecular formula is C14H15N3. The van der Waals surface area contributed by atoms with E-state index in [0.29, 0.717) is 18.0 Å². The van der Waals surface area contributed by atoms with Crippen molar-refractivity contribution in [2.75, 3.05) is 6.54 Å². The average Bonchev–Trinajstić information content (AvgIpc) is 3.19. The number of nitriles is 2. The Balaban J connectivity index is 1.97. The van der Waals surface area contributed by atoms with Crippen LogP contribution in [0.4, 0.5) is 0 Å². The van der Waals surface area contributed by atoms with E-state index in [1.54, 1.807) is 0 Å². The molecule has 0 N–H and O–H groups in total. The van der Waals surface area contributed by atoms with E-state index < -0.39 is 0 Å². The molecule has 0 unspecified atom stereocenters. The summed E-state index contributed by atoms with van der Waals surface area (Å²) in [7, 11) is 0. The highest BCUT2D eigenvalue weighted by Crippen LogP contribution is 2.28. The molecule has 1 aliphatic rings. The first-order valence-corrected chi connectivity index (χ1v) is 5.93. The van der Waals surface area contributed by atoms with Crippen LogP contribution in [0.5, 0.6) is 0 Å². The van der Waals surface area contributed by atoms with Crippen molar-refractivity contribution in [3.05, 3.63) is 35.4 Å². The van der Waals surface area contributed by atoms with Gasteiger partial charge in [0.05, 0.1) is 17.7 Å². The summed E-state index contributed by atoms with van der Waals surface area (Å²) in [5.74, 6) is 0. The van der Waals surface area contributed by atoms with Crippen molar-refractivity contribution in [1.29, 1.82) is 10.5 Å². The van der Waals surface area contributed by atoms with Gasteiger partial charge in [-0.1, -0.05) is 12.1 Å². The average molecular weight is 225 g/mol. The third-order valence-corrected chi connectivity index (χ3v) is 3.04. The van der Waals surface area contributed by atoms with E-state index in [2.05, 4.69) is 17.0 Å². The van der Waals surface area contributed by atoms with Crippen LogP contribution in [0.1, 0.15) is 30.4 Å². The molecule has 1 saturated carbocycles. The molecule has 1 fully saturated rings. The third kappa shape index (κ3) is 3.31. The largest absolute Gasteiger partial charge is 0.295 e. The zero-order valence-electron chi connectivity index (χ0n) is 9.76. The molecule has 3 nitrogen and oxygen atoms in total. The molecule has 0 aromatic heterocycles. The Bertz CT molecular complexity index is 446. The highest BCUT2D eigenvalue weighted by Gasteiger charge is 2.28. The molecule has 2 rings (SSSR count). The van der Waals surface area contributed by atoms with Crippen LogP contribution in [0.15, 0.2) is 24.3 Å². The lowest BCUT2D eigenvalue weighted by atomic mass is 10.1. The van der Waals surface area contributed by atoms with Crippen molar-refractivity contribution in [1.82, 2.24) is 4.90 Å². The summed E-state index contributed by atoms with van der Waals surface area (Å²) in [5.41, 5.74) is 1.91. The van der Waals surface area contributed by atoms with E-state index in [0.717, 1.165) is 13.1 Å². The lowest BCUT2D eigenvalue weighted by Crippen LogP contribution is -2.26. The van der Waals surface area contributed by atoms with Crippen molar-refractivity contribution in [3.63, 3.8) is 0 Å². The maximum atomic E-state index is 8.73. The molecular weight excluding hydrogens is 210 g/mol. The Morgan fingerprint density at radius 1 is 1.18 bits per heavy atom. The van der Waals surface area contributed by atoms with Gasteiger partial charge in [0.1, 0.15) is 0 Å². The first-order chi connectivity index (χ1) is 8.33. The second-order valence-electron chi connectivity index (χ2n) is 4.42. The van der Waals surface area contributed by atoms with Crippen LogP contribution in [0.25, 0.3) is 0 Å². The molecule has 0 spiro atoms. The lowest BCUT2D eigenvalue weighted by Gasteiger charge is -2.20. The molecule has 1 aliphatic carbocycles. The molecule has 0 radical (unpaired) electrons. The smallest absolute Gasteiger partial charge is 0.0991 e. The minimum absolute atomic E-state index is 0.590. The maximum absolute atomic E-state index is 8.73. The summed E-state index contributed by atoms with van der Waals surface area (Å²) in [4.78, 5) is 2.37. The van der Waals surface area contributed by atoms with Crippen molar-refractivity contribution < 1.29 is 0 Å². The third-order valence-electron chi connectivity index (χ3n) is 3.04. The van der Waals surface area contributed by atoms with Crippen LogP contribution >= 0.6 is 0 Å². The van der Waals surface area contributed by atoms with Crippen LogP contribution in [0.2, 0.25) is 0 Å². The van der Waals surface area contributed by atoms with E-state index in [4.69, 9.17) is 10.5 Å². The van der Waals surface area contributed by atoms with E-state index in [1.807, 2.05) is 24.3 Å². The molecule has 3 heteroatoms. The van der Waals surface area contributed by atoms with Crippen LogP contribution in [0.3, 0.4) is 0 Å². The van der Waals surface area contributed by atoms with Gasteiger partial charge < -0.3 is 0 Å². The molecule has 1 aromatic carbocycles. The predicted octanol–water partition coefficient (Wildman–Crippen LogP) is 2.44. The Kier molecular flexibility index (Phi) is 3.75. The SMILES string of the molecule is N#CCCN(Cc1ccc(C#N)cc1)C1CC1. The Morgan fingerprint density at radius 3 is 2.41 bits per heavy atom. The highest BCUT2D eigenvalue weighted by molar-refractivity contribution is 5.31. The van der Waals surface area contributed by atoms with Gasteiger partial charge in [-0.15, -0.1) is 0 Å². The minimum atomic E-state index is 0.590. The molecule has 0 aliphatic heterocycles. The highest BCUT2D eigenvalue weighted by atomic mass is 15.2. The molecule has 1 aromatic rings. The first kappa shape index (κ1) is 11.6. The number of hydrogen-bond donors (Lipinski definition) is 0. The van der Waals surface area contributed by atoms with Gasteiger partial charge in [-0.3, -0.25) is 4.90 Å². The minimum Gasteiger partial charge on any atom is -0.295 e.